The summed E-state index contributed by atoms with van der Waals surface area (Å²) in [6.07, 6.45) is 1.68. The highest BCUT2D eigenvalue weighted by molar-refractivity contribution is 7.12. The maximum atomic E-state index is 11.7. The highest BCUT2D eigenvalue weighted by atomic mass is 32.1. The minimum Gasteiger partial charge on any atom is -0.442 e. The molecule has 1 aromatic heterocycles. The van der Waals surface area contributed by atoms with Gasteiger partial charge in [0.05, 0.1) is 18.0 Å². The van der Waals surface area contributed by atoms with Gasteiger partial charge < -0.3 is 15.0 Å². The smallest absolute Gasteiger partial charge is 0.410 e. The van der Waals surface area contributed by atoms with Gasteiger partial charge in [0.1, 0.15) is 6.10 Å². The van der Waals surface area contributed by atoms with Gasteiger partial charge in [0.25, 0.3) is 5.91 Å². The number of hydrogen-bond acceptors (Lipinski definition) is 4. The lowest BCUT2D eigenvalue weighted by Crippen LogP contribution is -2.34. The molecule has 96 valence electrons. The van der Waals surface area contributed by atoms with E-state index in [0.717, 1.165) is 12.8 Å². The third-order valence-electron chi connectivity index (χ3n) is 3.13. The van der Waals surface area contributed by atoms with Gasteiger partial charge in [0.2, 0.25) is 0 Å². The van der Waals surface area contributed by atoms with Crippen LogP contribution in [-0.2, 0) is 4.74 Å². The van der Waals surface area contributed by atoms with Gasteiger partial charge in [0, 0.05) is 6.04 Å². The van der Waals surface area contributed by atoms with Crippen molar-refractivity contribution in [1.82, 2.24) is 10.2 Å². The van der Waals surface area contributed by atoms with Crippen LogP contribution in [0.1, 0.15) is 22.5 Å². The van der Waals surface area contributed by atoms with Crippen LogP contribution in [0.5, 0.6) is 0 Å². The van der Waals surface area contributed by atoms with E-state index in [2.05, 4.69) is 5.32 Å². The van der Waals surface area contributed by atoms with Gasteiger partial charge in [-0.05, 0) is 24.3 Å². The SMILES string of the molecule is O=C(NCC1CN(C2CC2)C(=O)O1)c1cccs1. The fraction of sp³-hybridized carbons (Fsp3) is 0.500. The van der Waals surface area contributed by atoms with E-state index in [9.17, 15) is 9.59 Å². The molecule has 1 saturated carbocycles. The summed E-state index contributed by atoms with van der Waals surface area (Å²) in [4.78, 5) is 25.7. The molecular formula is C12H14N2O3S. The average Bonchev–Trinajstić information content (AvgIpc) is 2.91. The topological polar surface area (TPSA) is 58.6 Å². The van der Waals surface area contributed by atoms with Crippen LogP contribution < -0.4 is 5.32 Å². The van der Waals surface area contributed by atoms with Gasteiger partial charge in [-0.15, -0.1) is 11.3 Å². The van der Waals surface area contributed by atoms with Crippen LogP contribution >= 0.6 is 11.3 Å². The molecule has 2 fully saturated rings. The summed E-state index contributed by atoms with van der Waals surface area (Å²) in [7, 11) is 0. The van der Waals surface area contributed by atoms with E-state index < -0.39 is 0 Å². The molecule has 1 atom stereocenters. The molecule has 0 bridgehead atoms. The number of carbonyl (C=O) groups is 2. The number of nitrogens with one attached hydrogen (secondary N) is 1. The molecule has 1 N–H and O–H groups in total. The van der Waals surface area contributed by atoms with Crippen LogP contribution in [0.15, 0.2) is 17.5 Å². The first kappa shape index (κ1) is 11.5. The number of hydrogen-bond donors (Lipinski definition) is 1. The van der Waals surface area contributed by atoms with Crippen molar-refractivity contribution < 1.29 is 14.3 Å². The van der Waals surface area contributed by atoms with Crippen molar-refractivity contribution in [2.75, 3.05) is 13.1 Å². The summed E-state index contributed by atoms with van der Waals surface area (Å²) in [6, 6.07) is 3.98. The van der Waals surface area contributed by atoms with E-state index in [0.29, 0.717) is 24.0 Å². The second-order valence-electron chi connectivity index (χ2n) is 4.58. The van der Waals surface area contributed by atoms with Crippen molar-refractivity contribution in [2.45, 2.75) is 25.0 Å². The van der Waals surface area contributed by atoms with Crippen molar-refractivity contribution in [1.29, 1.82) is 0 Å². The number of rotatable bonds is 4. The van der Waals surface area contributed by atoms with Gasteiger partial charge in [-0.25, -0.2) is 4.79 Å². The molecule has 0 aromatic carbocycles. The Morgan fingerprint density at radius 3 is 3.06 bits per heavy atom. The van der Waals surface area contributed by atoms with Crippen molar-refractivity contribution in [3.63, 3.8) is 0 Å². The number of ether oxygens (including phenoxy) is 1. The van der Waals surface area contributed by atoms with E-state index in [1.807, 2.05) is 11.4 Å². The van der Waals surface area contributed by atoms with Gasteiger partial charge in [-0.2, -0.15) is 0 Å². The van der Waals surface area contributed by atoms with Crippen molar-refractivity contribution in [3.05, 3.63) is 22.4 Å². The molecular weight excluding hydrogens is 252 g/mol. The van der Waals surface area contributed by atoms with E-state index >= 15 is 0 Å². The number of cyclic esters (lactones) is 1. The Labute approximate surface area is 109 Å². The molecule has 2 amide bonds. The molecule has 2 heterocycles. The Morgan fingerprint density at radius 2 is 2.39 bits per heavy atom. The van der Waals surface area contributed by atoms with Crippen molar-refractivity contribution in [3.8, 4) is 0 Å². The average molecular weight is 266 g/mol. The van der Waals surface area contributed by atoms with Crippen LogP contribution in [0, 0.1) is 0 Å². The zero-order valence-electron chi connectivity index (χ0n) is 9.80. The van der Waals surface area contributed by atoms with Gasteiger partial charge in [-0.1, -0.05) is 6.07 Å². The summed E-state index contributed by atoms with van der Waals surface area (Å²) in [5.74, 6) is -0.106. The lowest BCUT2D eigenvalue weighted by atomic mass is 10.3. The summed E-state index contributed by atoms with van der Waals surface area (Å²) in [5, 5.41) is 4.66. The normalized spacial score (nSPS) is 23.0. The standard InChI is InChI=1S/C12H14N2O3S/c15-11(10-2-1-5-18-10)13-6-9-7-14(8-3-4-8)12(16)17-9/h1-2,5,8-9H,3-4,6-7H2,(H,13,15). The summed E-state index contributed by atoms with van der Waals surface area (Å²) < 4.78 is 5.22. The van der Waals surface area contributed by atoms with Crippen LogP contribution in [0.4, 0.5) is 4.79 Å². The second-order valence-corrected chi connectivity index (χ2v) is 5.52. The van der Waals surface area contributed by atoms with Gasteiger partial charge in [-0.3, -0.25) is 4.79 Å². The summed E-state index contributed by atoms with van der Waals surface area (Å²) in [5.41, 5.74) is 0. The fourth-order valence-electron chi connectivity index (χ4n) is 2.03. The highest BCUT2D eigenvalue weighted by Gasteiger charge is 2.40. The predicted molar refractivity (Wildman–Crippen MR) is 66.6 cm³/mol. The zero-order chi connectivity index (χ0) is 12.5. The van der Waals surface area contributed by atoms with E-state index in [1.54, 1.807) is 11.0 Å². The molecule has 0 radical (unpaired) electrons. The molecule has 6 heteroatoms. The quantitative estimate of drug-likeness (QED) is 0.897. The first-order chi connectivity index (χ1) is 8.74. The maximum Gasteiger partial charge on any atom is 0.410 e. The highest BCUT2D eigenvalue weighted by Crippen LogP contribution is 2.30. The third-order valence-corrected chi connectivity index (χ3v) is 3.99. The number of nitrogens with zero attached hydrogens (tertiary/aromatic N) is 1. The second kappa shape index (κ2) is 4.61. The molecule has 5 nitrogen and oxygen atoms in total. The predicted octanol–water partition coefficient (Wildman–Crippen LogP) is 1.46. The number of amides is 2. The van der Waals surface area contributed by atoms with Crippen LogP contribution in [0.25, 0.3) is 0 Å². The van der Waals surface area contributed by atoms with Gasteiger partial charge in [0.15, 0.2) is 0 Å². The molecule has 1 aliphatic heterocycles. The van der Waals surface area contributed by atoms with E-state index in [-0.39, 0.29) is 18.1 Å². The van der Waals surface area contributed by atoms with Crippen molar-refractivity contribution >= 4 is 23.3 Å². The fourth-order valence-corrected chi connectivity index (χ4v) is 2.67. The first-order valence-corrected chi connectivity index (χ1v) is 6.91. The lowest BCUT2D eigenvalue weighted by Gasteiger charge is -2.11. The van der Waals surface area contributed by atoms with Crippen molar-refractivity contribution in [2.24, 2.45) is 0 Å². The van der Waals surface area contributed by atoms with Crippen LogP contribution in [0.3, 0.4) is 0 Å². The molecule has 1 aliphatic carbocycles. The molecule has 1 saturated heterocycles. The van der Waals surface area contributed by atoms with E-state index in [4.69, 9.17) is 4.74 Å². The Kier molecular flexibility index (Phi) is 2.95. The van der Waals surface area contributed by atoms with E-state index in [1.165, 1.54) is 11.3 Å². The van der Waals surface area contributed by atoms with Gasteiger partial charge >= 0.3 is 6.09 Å². The molecule has 18 heavy (non-hydrogen) atoms. The minimum atomic E-state index is -0.243. The number of carbonyl (C=O) groups excluding carboxylic acids is 2. The summed E-state index contributed by atoms with van der Waals surface area (Å²) in [6.45, 7) is 0.972. The zero-order valence-corrected chi connectivity index (χ0v) is 10.6. The molecule has 3 rings (SSSR count). The number of thiophene rings is 1. The Hall–Kier alpha value is -1.56. The third kappa shape index (κ3) is 2.33. The monoisotopic (exact) mass is 266 g/mol. The molecule has 2 aliphatic rings. The van der Waals surface area contributed by atoms with Crippen LogP contribution in [0.2, 0.25) is 0 Å². The first-order valence-electron chi connectivity index (χ1n) is 6.03. The minimum absolute atomic E-state index is 0.106. The molecule has 0 spiro atoms. The van der Waals surface area contributed by atoms with Crippen LogP contribution in [-0.4, -0.2) is 42.1 Å². The Balaban J connectivity index is 1.49. The molecule has 1 unspecified atom stereocenters. The largest absolute Gasteiger partial charge is 0.442 e. The Morgan fingerprint density at radius 1 is 1.56 bits per heavy atom. The molecule has 1 aromatic rings. The maximum absolute atomic E-state index is 11.7. The summed E-state index contributed by atoms with van der Waals surface area (Å²) >= 11 is 1.40. The Bertz CT molecular complexity index is 456. The lowest BCUT2D eigenvalue weighted by molar-refractivity contribution is 0.0918.